The Hall–Kier alpha value is -2.40. The van der Waals surface area contributed by atoms with Crippen LogP contribution in [0.5, 0.6) is 0 Å². The monoisotopic (exact) mass is 566 g/mol. The van der Waals surface area contributed by atoms with Crippen molar-refractivity contribution in [2.45, 2.75) is 67.8 Å². The zero-order chi connectivity index (χ0) is 27.6. The normalized spacial score (nSPS) is 23.3. The van der Waals surface area contributed by atoms with Crippen LogP contribution in [-0.2, 0) is 22.3 Å². The Morgan fingerprint density at radius 1 is 1.02 bits per heavy atom. The Balaban J connectivity index is 1.08. The molecule has 4 aliphatic rings. The molecule has 1 atom stereocenters. The van der Waals surface area contributed by atoms with E-state index in [0.29, 0.717) is 23.8 Å². The summed E-state index contributed by atoms with van der Waals surface area (Å²) < 4.78 is 18.3. The van der Waals surface area contributed by atoms with Crippen molar-refractivity contribution >= 4 is 28.8 Å². The van der Waals surface area contributed by atoms with Crippen molar-refractivity contribution in [3.63, 3.8) is 0 Å². The molecule has 40 heavy (non-hydrogen) atoms. The molecular formula is C30H42N6O3S. The van der Waals surface area contributed by atoms with E-state index in [-0.39, 0.29) is 5.91 Å². The summed E-state index contributed by atoms with van der Waals surface area (Å²) in [7, 11) is 4.09. The number of nitrogens with one attached hydrogen (secondary N) is 1. The highest BCUT2D eigenvalue weighted by molar-refractivity contribution is 7.91. The van der Waals surface area contributed by atoms with Gasteiger partial charge in [-0.3, -0.25) is 4.79 Å². The molecule has 0 spiro atoms. The van der Waals surface area contributed by atoms with Crippen LogP contribution in [0.1, 0.15) is 66.1 Å². The zero-order valence-corrected chi connectivity index (χ0v) is 24.6. The average Bonchev–Trinajstić information content (AvgIpc) is 3.38. The lowest BCUT2D eigenvalue weighted by Gasteiger charge is -2.35. The van der Waals surface area contributed by atoms with Crippen molar-refractivity contribution < 1.29 is 14.1 Å². The second-order valence-corrected chi connectivity index (χ2v) is 13.3. The lowest BCUT2D eigenvalue weighted by molar-refractivity contribution is 0.0659. The molecule has 4 aliphatic heterocycles. The van der Waals surface area contributed by atoms with Crippen molar-refractivity contribution in [3.8, 4) is 0 Å². The number of carbonyl (C=O) groups excluding carboxylic acids is 1. The number of benzene rings is 1. The number of amides is 1. The summed E-state index contributed by atoms with van der Waals surface area (Å²) in [6, 6.07) is 8.92. The van der Waals surface area contributed by atoms with E-state index in [2.05, 4.69) is 34.3 Å². The van der Waals surface area contributed by atoms with Crippen molar-refractivity contribution in [2.75, 3.05) is 69.5 Å². The molecule has 0 radical (unpaired) electrons. The Labute approximate surface area is 240 Å². The number of hydrogen-bond donors (Lipinski definition) is 1. The maximum atomic E-state index is 13.1. The molecule has 0 bridgehead atoms. The van der Waals surface area contributed by atoms with Gasteiger partial charge in [0.15, 0.2) is 5.82 Å². The highest BCUT2D eigenvalue weighted by Crippen LogP contribution is 2.35. The van der Waals surface area contributed by atoms with Gasteiger partial charge in [-0.15, -0.1) is 0 Å². The first-order chi connectivity index (χ1) is 19.5. The second-order valence-electron chi connectivity index (χ2n) is 11.8. The number of aryl methyl sites for hydroxylation is 1. The van der Waals surface area contributed by atoms with Gasteiger partial charge in [0.05, 0.1) is 0 Å². The van der Waals surface area contributed by atoms with E-state index in [9.17, 15) is 9.35 Å². The Morgan fingerprint density at radius 2 is 1.73 bits per heavy atom. The number of ether oxygens (including phenoxy) is 1. The van der Waals surface area contributed by atoms with Crippen LogP contribution >= 0.6 is 0 Å². The standard InChI is InChI=1S/C30H42N6O3S/c1-34-14-9-25(10-15-34)35(2)29(37)23-5-3-21(4-6-23)22-7-16-36(17-8-22)30-32-26-13-20-40(38)27(26)28(33-30)31-24-11-18-39-19-12-24/h3-6,22,24-25H,7-20H2,1-2H3,(H,31,32,33). The first kappa shape index (κ1) is 27.8. The number of likely N-dealkylation sites (tertiary alicyclic amines) is 1. The Morgan fingerprint density at radius 3 is 2.42 bits per heavy atom. The van der Waals surface area contributed by atoms with Crippen LogP contribution in [0.2, 0.25) is 0 Å². The largest absolute Gasteiger partial charge is 0.611 e. The molecule has 1 aromatic carbocycles. The van der Waals surface area contributed by atoms with Crippen LogP contribution < -0.4 is 10.2 Å². The number of aromatic nitrogens is 2. The number of fused-ring (bicyclic) bond motifs is 1. The summed E-state index contributed by atoms with van der Waals surface area (Å²) in [5.74, 6) is 2.72. The van der Waals surface area contributed by atoms with Gasteiger partial charge < -0.3 is 29.3 Å². The van der Waals surface area contributed by atoms with Gasteiger partial charge >= 0.3 is 0 Å². The predicted molar refractivity (Wildman–Crippen MR) is 158 cm³/mol. The molecule has 9 nitrogen and oxygen atoms in total. The maximum Gasteiger partial charge on any atom is 0.253 e. The first-order valence-electron chi connectivity index (χ1n) is 14.9. The van der Waals surface area contributed by atoms with Gasteiger partial charge in [0.25, 0.3) is 5.91 Å². The van der Waals surface area contributed by atoms with Crippen LogP contribution in [0.3, 0.4) is 0 Å². The number of nitrogens with zero attached hydrogens (tertiary/aromatic N) is 5. The van der Waals surface area contributed by atoms with Gasteiger partial charge in [0.2, 0.25) is 10.8 Å². The van der Waals surface area contributed by atoms with E-state index in [1.807, 2.05) is 24.1 Å². The van der Waals surface area contributed by atoms with E-state index in [1.54, 1.807) is 0 Å². The van der Waals surface area contributed by atoms with Crippen LogP contribution in [-0.4, -0.2) is 102 Å². The van der Waals surface area contributed by atoms with Crippen molar-refractivity contribution in [2.24, 2.45) is 0 Å². The van der Waals surface area contributed by atoms with E-state index < -0.39 is 11.2 Å². The van der Waals surface area contributed by atoms with E-state index >= 15 is 0 Å². The third-order valence-electron chi connectivity index (χ3n) is 9.20. The Kier molecular flexibility index (Phi) is 8.48. The fourth-order valence-corrected chi connectivity index (χ4v) is 7.83. The van der Waals surface area contributed by atoms with Crippen LogP contribution in [0.15, 0.2) is 29.2 Å². The minimum atomic E-state index is -1.04. The predicted octanol–water partition coefficient (Wildman–Crippen LogP) is 3.28. The zero-order valence-electron chi connectivity index (χ0n) is 23.8. The molecule has 5 heterocycles. The van der Waals surface area contributed by atoms with Crippen LogP contribution in [0, 0.1) is 0 Å². The van der Waals surface area contributed by atoms with E-state index in [4.69, 9.17) is 14.7 Å². The summed E-state index contributed by atoms with van der Waals surface area (Å²) in [5.41, 5.74) is 3.01. The second kappa shape index (κ2) is 12.2. The molecule has 3 saturated heterocycles. The van der Waals surface area contributed by atoms with Crippen molar-refractivity contribution in [1.29, 1.82) is 0 Å². The molecule has 1 N–H and O–H groups in total. The molecule has 10 heteroatoms. The minimum Gasteiger partial charge on any atom is -0.611 e. The highest BCUT2D eigenvalue weighted by atomic mass is 32.2. The topological polar surface area (TPSA) is 96.9 Å². The van der Waals surface area contributed by atoms with Gasteiger partial charge in [-0.25, -0.2) is 4.98 Å². The summed E-state index contributed by atoms with van der Waals surface area (Å²) in [6.07, 6.45) is 6.71. The van der Waals surface area contributed by atoms with E-state index in [1.165, 1.54) is 5.56 Å². The maximum absolute atomic E-state index is 13.1. The highest BCUT2D eigenvalue weighted by Gasteiger charge is 2.34. The fraction of sp³-hybridized carbons (Fsp3) is 0.633. The third-order valence-corrected chi connectivity index (χ3v) is 10.7. The number of rotatable bonds is 6. The summed E-state index contributed by atoms with van der Waals surface area (Å²) in [4.78, 5) is 30.3. The van der Waals surface area contributed by atoms with Crippen LogP contribution in [0.25, 0.3) is 0 Å². The molecule has 1 amide bonds. The quantitative estimate of drug-likeness (QED) is 0.533. The van der Waals surface area contributed by atoms with Gasteiger partial charge in [-0.1, -0.05) is 12.1 Å². The SMILES string of the molecule is CN1CCC(N(C)C(=O)c2ccc(C3CCN(c4nc5c(c(NC6CCOCC6)n4)[S+]([O-])CC5)CC3)cc2)CC1. The number of hydrogen-bond acceptors (Lipinski definition) is 8. The molecule has 0 aliphatic carbocycles. The minimum absolute atomic E-state index is 0.121. The van der Waals surface area contributed by atoms with Crippen molar-refractivity contribution in [3.05, 3.63) is 41.1 Å². The number of piperidine rings is 2. The molecule has 2 aromatic rings. The smallest absolute Gasteiger partial charge is 0.253 e. The molecule has 1 unspecified atom stereocenters. The molecule has 3 fully saturated rings. The molecule has 216 valence electrons. The van der Waals surface area contributed by atoms with Gasteiger partial charge in [-0.05, 0) is 93.5 Å². The number of anilines is 2. The molecule has 6 rings (SSSR count). The van der Waals surface area contributed by atoms with Crippen molar-refractivity contribution in [1.82, 2.24) is 19.8 Å². The lowest BCUT2D eigenvalue weighted by atomic mass is 9.89. The van der Waals surface area contributed by atoms with Crippen LogP contribution in [0.4, 0.5) is 11.8 Å². The average molecular weight is 567 g/mol. The molecular weight excluding hydrogens is 524 g/mol. The third kappa shape index (κ3) is 5.95. The van der Waals surface area contributed by atoms with Gasteiger partial charge in [-0.2, -0.15) is 4.98 Å². The summed E-state index contributed by atoms with van der Waals surface area (Å²) >= 11 is -1.04. The van der Waals surface area contributed by atoms with E-state index in [0.717, 1.165) is 112 Å². The van der Waals surface area contributed by atoms with Gasteiger partial charge in [0, 0.05) is 57.4 Å². The fourth-order valence-electron chi connectivity index (χ4n) is 6.52. The Bertz CT molecular complexity index is 1170. The number of carbonyl (C=O) groups is 1. The summed E-state index contributed by atoms with van der Waals surface area (Å²) in [5, 5.41) is 3.59. The molecule has 0 saturated carbocycles. The molecule has 1 aromatic heterocycles. The summed E-state index contributed by atoms with van der Waals surface area (Å²) in [6.45, 7) is 5.34. The lowest BCUT2D eigenvalue weighted by Crippen LogP contribution is -2.44. The van der Waals surface area contributed by atoms with Gasteiger partial charge in [0.1, 0.15) is 11.4 Å². The first-order valence-corrected chi connectivity index (χ1v) is 16.2.